The maximum absolute atomic E-state index is 13.6. The lowest BCUT2D eigenvalue weighted by atomic mass is 10.1. The van der Waals surface area contributed by atoms with Gasteiger partial charge in [-0.05, 0) is 36.8 Å². The molecule has 0 spiro atoms. The van der Waals surface area contributed by atoms with Crippen LogP contribution in [-0.2, 0) is 17.9 Å². The highest BCUT2D eigenvalue weighted by Gasteiger charge is 2.23. The van der Waals surface area contributed by atoms with Crippen molar-refractivity contribution in [3.05, 3.63) is 130 Å². The van der Waals surface area contributed by atoms with Gasteiger partial charge in [0, 0.05) is 18.7 Å². The summed E-state index contributed by atoms with van der Waals surface area (Å²) in [6.45, 7) is 6.06. The summed E-state index contributed by atoms with van der Waals surface area (Å²) in [5.74, 6) is -0.544. The number of aryl methyl sites for hydroxylation is 1. The maximum Gasteiger partial charge on any atom is 0.254 e. The van der Waals surface area contributed by atoms with E-state index in [1.54, 1.807) is 47.4 Å². The van der Waals surface area contributed by atoms with Gasteiger partial charge in [-0.1, -0.05) is 66.2 Å². The third-order valence-electron chi connectivity index (χ3n) is 5.91. The molecule has 0 unspecified atom stereocenters. The second-order valence-corrected chi connectivity index (χ2v) is 8.67. The minimum atomic E-state index is -0.284. The molecule has 0 bridgehead atoms. The third kappa shape index (κ3) is 5.78. The number of amides is 2. The second kappa shape index (κ2) is 11.3. The summed E-state index contributed by atoms with van der Waals surface area (Å²) in [6, 6.07) is 23.8. The first-order valence-corrected chi connectivity index (χ1v) is 11.7. The van der Waals surface area contributed by atoms with Gasteiger partial charge >= 0.3 is 0 Å². The molecular weight excluding hydrogens is 452 g/mol. The fourth-order valence-corrected chi connectivity index (χ4v) is 4.04. The molecule has 36 heavy (non-hydrogen) atoms. The lowest BCUT2D eigenvalue weighted by Crippen LogP contribution is -2.43. The van der Waals surface area contributed by atoms with Crippen LogP contribution in [0, 0.1) is 6.92 Å². The lowest BCUT2D eigenvalue weighted by Gasteiger charge is -2.27. The zero-order valence-corrected chi connectivity index (χ0v) is 20.2. The van der Waals surface area contributed by atoms with Crippen molar-refractivity contribution < 1.29 is 14.0 Å². The van der Waals surface area contributed by atoms with Crippen LogP contribution in [0.3, 0.4) is 0 Å². The molecule has 0 saturated carbocycles. The molecule has 0 aliphatic heterocycles. The normalized spacial score (nSPS) is 10.7. The van der Waals surface area contributed by atoms with Gasteiger partial charge in [0.1, 0.15) is 12.1 Å². The molecule has 0 fully saturated rings. The Labute approximate surface area is 210 Å². The number of carbonyl (C=O) groups excluding carboxylic acids is 2. The third-order valence-corrected chi connectivity index (χ3v) is 5.91. The van der Waals surface area contributed by atoms with E-state index in [0.717, 1.165) is 11.1 Å². The smallest absolute Gasteiger partial charge is 0.254 e. The molecular formula is C30H28N2O4. The lowest BCUT2D eigenvalue weighted by molar-refractivity contribution is -0.133. The van der Waals surface area contributed by atoms with Crippen LogP contribution in [-0.4, -0.2) is 34.7 Å². The largest absolute Gasteiger partial charge is 0.464 e. The van der Waals surface area contributed by atoms with E-state index in [2.05, 4.69) is 6.58 Å². The maximum atomic E-state index is 13.6. The highest BCUT2D eigenvalue weighted by molar-refractivity contribution is 5.96. The monoisotopic (exact) mass is 480 g/mol. The summed E-state index contributed by atoms with van der Waals surface area (Å²) < 4.78 is 5.71. The van der Waals surface area contributed by atoms with Crippen molar-refractivity contribution >= 4 is 22.8 Å². The molecule has 0 atom stereocenters. The van der Waals surface area contributed by atoms with Crippen molar-refractivity contribution in [1.29, 1.82) is 0 Å². The quantitative estimate of drug-likeness (QED) is 0.318. The number of benzene rings is 3. The zero-order valence-electron chi connectivity index (χ0n) is 20.2. The Morgan fingerprint density at radius 2 is 1.61 bits per heavy atom. The van der Waals surface area contributed by atoms with Crippen LogP contribution in [0.4, 0.5) is 0 Å². The summed E-state index contributed by atoms with van der Waals surface area (Å²) in [5, 5.41) is 0.479. The van der Waals surface area contributed by atoms with Crippen molar-refractivity contribution in [3.63, 3.8) is 0 Å². The molecule has 0 saturated heterocycles. The molecule has 6 nitrogen and oxygen atoms in total. The van der Waals surface area contributed by atoms with E-state index < -0.39 is 0 Å². The van der Waals surface area contributed by atoms with Gasteiger partial charge < -0.3 is 14.2 Å². The molecule has 6 heteroatoms. The molecule has 0 aliphatic rings. The summed E-state index contributed by atoms with van der Waals surface area (Å²) in [5.41, 5.74) is 3.06. The standard InChI is InChI=1S/C30H28N2O4/c1-3-16-31(30(35)24-12-8-5-9-13-24)20-28(33)32(18-23-10-6-4-7-11-23)19-25-21-36-27-15-14-22(2)17-26(27)29(25)34/h3-15,17,21H,1,16,18-20H2,2H3. The summed E-state index contributed by atoms with van der Waals surface area (Å²) in [7, 11) is 0. The molecule has 3 aromatic carbocycles. The average molecular weight is 481 g/mol. The molecule has 4 rings (SSSR count). The molecule has 1 heterocycles. The number of fused-ring (bicyclic) bond motifs is 1. The SMILES string of the molecule is C=CCN(CC(=O)N(Cc1ccccc1)Cc1coc2ccc(C)cc2c1=O)C(=O)c1ccccc1. The first-order valence-electron chi connectivity index (χ1n) is 11.7. The molecule has 0 radical (unpaired) electrons. The van der Waals surface area contributed by atoms with Crippen LogP contribution in [0.25, 0.3) is 11.0 Å². The first-order chi connectivity index (χ1) is 17.5. The number of hydrogen-bond acceptors (Lipinski definition) is 4. The number of carbonyl (C=O) groups is 2. The highest BCUT2D eigenvalue weighted by atomic mass is 16.3. The van der Waals surface area contributed by atoms with Crippen molar-refractivity contribution in [1.82, 2.24) is 9.80 Å². The Morgan fingerprint density at radius 3 is 2.31 bits per heavy atom. The van der Waals surface area contributed by atoms with Gasteiger partial charge in [0.2, 0.25) is 5.91 Å². The van der Waals surface area contributed by atoms with Gasteiger partial charge in [-0.3, -0.25) is 14.4 Å². The Hall–Kier alpha value is -4.45. The second-order valence-electron chi connectivity index (χ2n) is 8.67. The minimum absolute atomic E-state index is 0.0569. The first kappa shape index (κ1) is 24.7. The van der Waals surface area contributed by atoms with Gasteiger partial charge in [-0.25, -0.2) is 0 Å². The van der Waals surface area contributed by atoms with E-state index >= 15 is 0 Å². The fourth-order valence-electron chi connectivity index (χ4n) is 4.04. The van der Waals surface area contributed by atoms with Gasteiger partial charge in [-0.2, -0.15) is 0 Å². The van der Waals surface area contributed by atoms with E-state index in [1.807, 2.05) is 49.4 Å². The van der Waals surface area contributed by atoms with E-state index in [1.165, 1.54) is 11.2 Å². The van der Waals surface area contributed by atoms with Gasteiger partial charge in [0.25, 0.3) is 5.91 Å². The molecule has 182 valence electrons. The van der Waals surface area contributed by atoms with Crippen LogP contribution >= 0.6 is 0 Å². The minimum Gasteiger partial charge on any atom is -0.464 e. The predicted octanol–water partition coefficient (Wildman–Crippen LogP) is 4.96. The van der Waals surface area contributed by atoms with Crippen LogP contribution < -0.4 is 5.43 Å². The number of hydrogen-bond donors (Lipinski definition) is 0. The van der Waals surface area contributed by atoms with Crippen molar-refractivity contribution in [2.75, 3.05) is 13.1 Å². The molecule has 0 N–H and O–H groups in total. The van der Waals surface area contributed by atoms with Gasteiger partial charge in [-0.15, -0.1) is 6.58 Å². The summed E-state index contributed by atoms with van der Waals surface area (Å²) in [4.78, 5) is 42.9. The van der Waals surface area contributed by atoms with E-state index in [-0.39, 0.29) is 43.4 Å². The van der Waals surface area contributed by atoms with Crippen LogP contribution in [0.2, 0.25) is 0 Å². The van der Waals surface area contributed by atoms with Crippen molar-refractivity contribution in [2.45, 2.75) is 20.0 Å². The summed E-state index contributed by atoms with van der Waals surface area (Å²) in [6.07, 6.45) is 3.01. The van der Waals surface area contributed by atoms with Crippen LogP contribution in [0.15, 0.2) is 107 Å². The zero-order chi connectivity index (χ0) is 25.5. The Morgan fingerprint density at radius 1 is 0.917 bits per heavy atom. The van der Waals surface area contributed by atoms with Crippen LogP contribution in [0.1, 0.15) is 27.0 Å². The van der Waals surface area contributed by atoms with Gasteiger partial charge in [0.05, 0.1) is 23.8 Å². The topological polar surface area (TPSA) is 70.8 Å². The van der Waals surface area contributed by atoms with Crippen LogP contribution in [0.5, 0.6) is 0 Å². The van der Waals surface area contributed by atoms with Crippen molar-refractivity contribution in [3.8, 4) is 0 Å². The fraction of sp³-hybridized carbons (Fsp3) is 0.167. The Bertz CT molecular complexity index is 1430. The van der Waals surface area contributed by atoms with Crippen molar-refractivity contribution in [2.24, 2.45) is 0 Å². The molecule has 2 amide bonds. The number of nitrogens with zero attached hydrogens (tertiary/aromatic N) is 2. The average Bonchev–Trinajstić information content (AvgIpc) is 2.90. The van der Waals surface area contributed by atoms with Gasteiger partial charge in [0.15, 0.2) is 5.43 Å². The van der Waals surface area contributed by atoms with E-state index in [9.17, 15) is 14.4 Å². The Balaban J connectivity index is 1.63. The summed E-state index contributed by atoms with van der Waals surface area (Å²) >= 11 is 0. The highest BCUT2D eigenvalue weighted by Crippen LogP contribution is 2.16. The number of rotatable bonds is 9. The predicted molar refractivity (Wildman–Crippen MR) is 140 cm³/mol. The van der Waals surface area contributed by atoms with E-state index in [4.69, 9.17) is 4.42 Å². The molecule has 0 aliphatic carbocycles. The van der Waals surface area contributed by atoms with E-state index in [0.29, 0.717) is 22.1 Å². The Kier molecular flexibility index (Phi) is 7.75. The molecule has 1 aromatic heterocycles. The molecule has 4 aromatic rings.